The highest BCUT2D eigenvalue weighted by Gasteiger charge is 2.31. The summed E-state index contributed by atoms with van der Waals surface area (Å²) in [6, 6.07) is 6.00. The van der Waals surface area contributed by atoms with Crippen LogP contribution in [0.2, 0.25) is 5.02 Å². The van der Waals surface area contributed by atoms with Gasteiger partial charge in [0, 0.05) is 42.5 Å². The minimum Gasteiger partial charge on any atom is -0.338 e. The third-order valence-corrected chi connectivity index (χ3v) is 4.17. The zero-order valence-corrected chi connectivity index (χ0v) is 14.1. The van der Waals surface area contributed by atoms with Crippen LogP contribution in [0.3, 0.4) is 0 Å². The summed E-state index contributed by atoms with van der Waals surface area (Å²) < 4.78 is 0. The van der Waals surface area contributed by atoms with Gasteiger partial charge in [0.05, 0.1) is 11.7 Å². The number of piperazine rings is 1. The first kappa shape index (κ1) is 15.3. The number of hydrogen-bond donors (Lipinski definition) is 1. The molecule has 5 nitrogen and oxygen atoms in total. The molecule has 0 saturated carbocycles. The van der Waals surface area contributed by atoms with Crippen molar-refractivity contribution in [1.29, 1.82) is 0 Å². The number of halogens is 1. The van der Waals surface area contributed by atoms with E-state index in [2.05, 4.69) is 17.1 Å². The maximum absolute atomic E-state index is 6.16. The normalized spacial score (nSPS) is 21.3. The van der Waals surface area contributed by atoms with Gasteiger partial charge in [-0.1, -0.05) is 11.6 Å². The Kier molecular flexibility index (Phi) is 4.36. The average molecular weight is 320 g/mol. The average Bonchev–Trinajstić information content (AvgIpc) is 2.51. The van der Waals surface area contributed by atoms with Crippen molar-refractivity contribution >= 4 is 29.0 Å². The Balaban J connectivity index is 2.05. The molecule has 0 spiro atoms. The Hall–Kier alpha value is -1.59. The Morgan fingerprint density at radius 2 is 2.05 bits per heavy atom. The smallest absolute Gasteiger partial charge is 0.223 e. The van der Waals surface area contributed by atoms with Crippen LogP contribution in [0.1, 0.15) is 32.4 Å². The van der Waals surface area contributed by atoms with Crippen LogP contribution in [0, 0.1) is 0 Å². The fourth-order valence-electron chi connectivity index (χ4n) is 2.85. The van der Waals surface area contributed by atoms with Gasteiger partial charge in [0.2, 0.25) is 5.96 Å². The van der Waals surface area contributed by atoms with Gasteiger partial charge >= 0.3 is 0 Å². The molecular weight excluding hydrogens is 298 g/mol. The maximum atomic E-state index is 6.16. The molecule has 1 unspecified atom stereocenters. The number of hydrazone groups is 1. The molecule has 6 heteroatoms. The summed E-state index contributed by atoms with van der Waals surface area (Å²) in [6.45, 7) is 10.0. The van der Waals surface area contributed by atoms with E-state index in [1.165, 1.54) is 0 Å². The summed E-state index contributed by atoms with van der Waals surface area (Å²) >= 11 is 6.16. The van der Waals surface area contributed by atoms with Crippen LogP contribution in [-0.2, 0) is 0 Å². The summed E-state index contributed by atoms with van der Waals surface area (Å²) in [4.78, 5) is 7.17. The SMILES string of the molecule is CC(C)=NN1C(N2CCNCC2)=Nc2ccc(Cl)cc2C1C. The summed E-state index contributed by atoms with van der Waals surface area (Å²) in [5.74, 6) is 0.935. The molecule has 1 saturated heterocycles. The van der Waals surface area contributed by atoms with Gasteiger partial charge in [0.25, 0.3) is 0 Å². The molecule has 22 heavy (non-hydrogen) atoms. The highest BCUT2D eigenvalue weighted by atomic mass is 35.5. The number of guanidine groups is 1. The van der Waals surface area contributed by atoms with E-state index in [0.717, 1.165) is 54.1 Å². The molecular formula is C16H22ClN5. The second-order valence-corrected chi connectivity index (χ2v) is 6.36. The monoisotopic (exact) mass is 319 g/mol. The number of nitrogens with one attached hydrogen (secondary N) is 1. The fraction of sp³-hybridized carbons (Fsp3) is 0.500. The minimum atomic E-state index is 0.117. The summed E-state index contributed by atoms with van der Waals surface area (Å²) in [5, 5.41) is 10.9. The molecule has 2 heterocycles. The zero-order chi connectivity index (χ0) is 15.7. The molecule has 1 aromatic rings. The third-order valence-electron chi connectivity index (χ3n) is 3.94. The number of rotatable bonds is 1. The molecule has 0 bridgehead atoms. The quantitative estimate of drug-likeness (QED) is 0.809. The molecule has 0 aliphatic carbocycles. The second kappa shape index (κ2) is 6.26. The molecule has 1 aromatic carbocycles. The second-order valence-electron chi connectivity index (χ2n) is 5.92. The Morgan fingerprint density at radius 1 is 1.32 bits per heavy atom. The van der Waals surface area contributed by atoms with Crippen molar-refractivity contribution < 1.29 is 0 Å². The lowest BCUT2D eigenvalue weighted by Gasteiger charge is -2.39. The van der Waals surface area contributed by atoms with Gasteiger partial charge in [-0.05, 0) is 39.0 Å². The van der Waals surface area contributed by atoms with E-state index in [1.54, 1.807) is 0 Å². The van der Waals surface area contributed by atoms with Gasteiger partial charge in [0.1, 0.15) is 0 Å². The minimum absolute atomic E-state index is 0.117. The van der Waals surface area contributed by atoms with Crippen molar-refractivity contribution in [3.05, 3.63) is 28.8 Å². The topological polar surface area (TPSA) is 43.2 Å². The standard InChI is InChI=1S/C16H22ClN5/c1-11(2)20-22-12(3)14-10-13(17)4-5-15(14)19-16(22)21-8-6-18-7-9-21/h4-5,10,12,18H,6-9H2,1-3H3. The summed E-state index contributed by atoms with van der Waals surface area (Å²) in [6.07, 6.45) is 0. The van der Waals surface area contributed by atoms with Crippen LogP contribution in [0.25, 0.3) is 0 Å². The van der Waals surface area contributed by atoms with Crippen LogP contribution < -0.4 is 5.32 Å². The third kappa shape index (κ3) is 2.96. The number of nitrogens with zero attached hydrogens (tertiary/aromatic N) is 4. The molecule has 1 N–H and O–H groups in total. The van der Waals surface area contributed by atoms with Crippen molar-refractivity contribution in [2.45, 2.75) is 26.8 Å². The molecule has 1 fully saturated rings. The van der Waals surface area contributed by atoms with Gasteiger partial charge in [-0.2, -0.15) is 5.10 Å². The lowest BCUT2D eigenvalue weighted by Crippen LogP contribution is -2.52. The van der Waals surface area contributed by atoms with E-state index < -0.39 is 0 Å². The van der Waals surface area contributed by atoms with Crippen molar-refractivity contribution in [2.24, 2.45) is 10.1 Å². The lowest BCUT2D eigenvalue weighted by molar-refractivity contribution is 0.258. The molecule has 0 amide bonds. The van der Waals surface area contributed by atoms with Crippen LogP contribution in [0.15, 0.2) is 28.3 Å². The van der Waals surface area contributed by atoms with E-state index in [4.69, 9.17) is 21.7 Å². The van der Waals surface area contributed by atoms with Gasteiger partial charge in [-0.25, -0.2) is 10.0 Å². The highest BCUT2D eigenvalue weighted by Crippen LogP contribution is 2.37. The maximum Gasteiger partial charge on any atom is 0.223 e. The highest BCUT2D eigenvalue weighted by molar-refractivity contribution is 6.30. The van der Waals surface area contributed by atoms with Crippen LogP contribution >= 0.6 is 11.6 Å². The number of fused-ring (bicyclic) bond motifs is 1. The predicted octanol–water partition coefficient (Wildman–Crippen LogP) is 3.01. The predicted molar refractivity (Wildman–Crippen MR) is 92.0 cm³/mol. The van der Waals surface area contributed by atoms with Gasteiger partial charge in [-0.3, -0.25) is 0 Å². The molecule has 1 atom stereocenters. The first-order chi connectivity index (χ1) is 10.6. The Morgan fingerprint density at radius 3 is 2.73 bits per heavy atom. The summed E-state index contributed by atoms with van der Waals surface area (Å²) in [7, 11) is 0. The van der Waals surface area contributed by atoms with Crippen LogP contribution in [0.4, 0.5) is 5.69 Å². The first-order valence-electron chi connectivity index (χ1n) is 7.71. The van der Waals surface area contributed by atoms with Gasteiger partial charge in [-0.15, -0.1) is 0 Å². The van der Waals surface area contributed by atoms with Crippen LogP contribution in [-0.4, -0.2) is 47.8 Å². The number of hydrogen-bond acceptors (Lipinski definition) is 5. The van der Waals surface area contributed by atoms with Crippen molar-refractivity contribution in [3.8, 4) is 0 Å². The van der Waals surface area contributed by atoms with E-state index >= 15 is 0 Å². The molecule has 0 radical (unpaired) electrons. The summed E-state index contributed by atoms with van der Waals surface area (Å²) in [5.41, 5.74) is 3.13. The molecule has 118 valence electrons. The zero-order valence-electron chi connectivity index (χ0n) is 13.3. The van der Waals surface area contributed by atoms with Crippen molar-refractivity contribution in [3.63, 3.8) is 0 Å². The lowest BCUT2D eigenvalue weighted by atomic mass is 10.0. The van der Waals surface area contributed by atoms with E-state index in [-0.39, 0.29) is 6.04 Å². The van der Waals surface area contributed by atoms with Crippen molar-refractivity contribution in [2.75, 3.05) is 26.2 Å². The fourth-order valence-corrected chi connectivity index (χ4v) is 3.03. The first-order valence-corrected chi connectivity index (χ1v) is 8.09. The van der Waals surface area contributed by atoms with E-state index in [9.17, 15) is 0 Å². The molecule has 2 aliphatic heterocycles. The van der Waals surface area contributed by atoms with E-state index in [0.29, 0.717) is 0 Å². The Labute approximate surface area is 136 Å². The van der Waals surface area contributed by atoms with Gasteiger partial charge in [0.15, 0.2) is 0 Å². The molecule has 2 aliphatic rings. The number of aliphatic imine (C=N–C) groups is 1. The van der Waals surface area contributed by atoms with Crippen LogP contribution in [0.5, 0.6) is 0 Å². The van der Waals surface area contributed by atoms with Gasteiger partial charge < -0.3 is 10.2 Å². The molecule has 0 aromatic heterocycles. The molecule has 3 rings (SSSR count). The number of benzene rings is 1. The van der Waals surface area contributed by atoms with E-state index in [1.807, 2.05) is 37.1 Å². The largest absolute Gasteiger partial charge is 0.338 e. The van der Waals surface area contributed by atoms with Crippen molar-refractivity contribution in [1.82, 2.24) is 15.2 Å². The Bertz CT molecular complexity index is 615.